The molecule has 0 saturated heterocycles. The molecule has 0 bridgehead atoms. The normalized spacial score (nSPS) is 20.0. The number of methoxy groups -OCH3 is 1. The third kappa shape index (κ3) is 5.02. The zero-order valence-electron chi connectivity index (χ0n) is 22.5. The number of Topliss-reactive ketones (excluding diaryl/α,β-unsaturated/α-hetero) is 1. The Labute approximate surface area is 223 Å². The molecule has 1 aromatic carbocycles. The number of fused-ring (bicyclic) bond motifs is 1. The Kier molecular flexibility index (Phi) is 7.85. The number of carbonyl (C=O) groups is 4. The molecule has 2 fully saturated rings. The lowest BCUT2D eigenvalue weighted by atomic mass is 9.59. The van der Waals surface area contributed by atoms with E-state index < -0.39 is 35.7 Å². The third-order valence-electron chi connectivity index (χ3n) is 8.90. The summed E-state index contributed by atoms with van der Waals surface area (Å²) in [5, 5.41) is 10.4. The van der Waals surface area contributed by atoms with Gasteiger partial charge in [-0.2, -0.15) is 0 Å². The number of nitrogens with two attached hydrogens (primary N) is 1. The van der Waals surface area contributed by atoms with Gasteiger partial charge < -0.3 is 25.5 Å². The van der Waals surface area contributed by atoms with E-state index in [4.69, 9.17) is 10.5 Å². The molecular formula is C29H39N3O6. The standard InChI is InChI=1S/C29H39N3O6/c1-28(2)13-11-19(12-14-28)29(27(30)37,18-7-5-4-6-8-18)32(17-24(33)34)26(36)25(35)22-16-31-23-15-20(38-3)9-10-21(22)23/h9-10,15-16,18-19,31H,4-8,11-14,17H2,1-3H3,(H2,30,37)(H,33,34). The molecule has 0 aliphatic heterocycles. The molecule has 2 saturated carbocycles. The van der Waals surface area contributed by atoms with Gasteiger partial charge in [0.05, 0.1) is 12.7 Å². The molecule has 1 atom stereocenters. The first kappa shape index (κ1) is 27.7. The summed E-state index contributed by atoms with van der Waals surface area (Å²) in [5.41, 5.74) is 5.46. The highest BCUT2D eigenvalue weighted by Crippen LogP contribution is 2.50. The van der Waals surface area contributed by atoms with Crippen molar-refractivity contribution in [2.75, 3.05) is 13.7 Å². The summed E-state index contributed by atoms with van der Waals surface area (Å²) in [4.78, 5) is 57.6. The van der Waals surface area contributed by atoms with Crippen molar-refractivity contribution in [1.82, 2.24) is 9.88 Å². The first-order chi connectivity index (χ1) is 18.0. The van der Waals surface area contributed by atoms with Gasteiger partial charge in [-0.25, -0.2) is 0 Å². The summed E-state index contributed by atoms with van der Waals surface area (Å²) in [7, 11) is 1.53. The summed E-state index contributed by atoms with van der Waals surface area (Å²) in [6.45, 7) is 3.58. The fraction of sp³-hybridized carbons (Fsp3) is 0.586. The number of aromatic nitrogens is 1. The van der Waals surface area contributed by atoms with Crippen LogP contribution in [0, 0.1) is 17.3 Å². The quantitative estimate of drug-likeness (QED) is 0.329. The molecule has 9 heteroatoms. The maximum Gasteiger partial charge on any atom is 0.323 e. The fourth-order valence-electron chi connectivity index (χ4n) is 6.86. The highest BCUT2D eigenvalue weighted by molar-refractivity contribution is 6.45. The smallest absolute Gasteiger partial charge is 0.323 e. The number of aliphatic carboxylic acids is 1. The van der Waals surface area contributed by atoms with Gasteiger partial charge in [0.15, 0.2) is 0 Å². The summed E-state index contributed by atoms with van der Waals surface area (Å²) in [6, 6.07) is 5.08. The van der Waals surface area contributed by atoms with Gasteiger partial charge in [0.2, 0.25) is 5.91 Å². The van der Waals surface area contributed by atoms with Gasteiger partial charge in [-0.3, -0.25) is 19.2 Å². The Morgan fingerprint density at radius 2 is 1.71 bits per heavy atom. The van der Waals surface area contributed by atoms with E-state index in [1.165, 1.54) is 13.3 Å². The Morgan fingerprint density at radius 3 is 2.29 bits per heavy atom. The summed E-state index contributed by atoms with van der Waals surface area (Å²) in [6.07, 6.45) is 8.43. The van der Waals surface area contributed by atoms with Gasteiger partial charge in [-0.15, -0.1) is 0 Å². The molecule has 2 amide bonds. The van der Waals surface area contributed by atoms with Gasteiger partial charge in [-0.05, 0) is 67.9 Å². The Balaban J connectivity index is 1.81. The Hall–Kier alpha value is -3.36. The lowest BCUT2D eigenvalue weighted by Gasteiger charge is -2.53. The van der Waals surface area contributed by atoms with Crippen LogP contribution < -0.4 is 10.5 Å². The highest BCUT2D eigenvalue weighted by Gasteiger charge is 2.58. The molecule has 9 nitrogen and oxygen atoms in total. The number of hydrogen-bond donors (Lipinski definition) is 3. The predicted molar refractivity (Wildman–Crippen MR) is 143 cm³/mol. The summed E-state index contributed by atoms with van der Waals surface area (Å²) in [5.74, 6) is -3.89. The molecular weight excluding hydrogens is 486 g/mol. The number of ether oxygens (including phenoxy) is 1. The van der Waals surface area contributed by atoms with E-state index in [9.17, 15) is 24.3 Å². The van der Waals surface area contributed by atoms with Crippen molar-refractivity contribution in [1.29, 1.82) is 0 Å². The summed E-state index contributed by atoms with van der Waals surface area (Å²) < 4.78 is 5.24. The minimum atomic E-state index is -1.54. The van der Waals surface area contributed by atoms with Crippen LogP contribution in [0.3, 0.4) is 0 Å². The molecule has 206 valence electrons. The van der Waals surface area contributed by atoms with E-state index in [-0.39, 0.29) is 22.8 Å². The molecule has 1 aromatic heterocycles. The van der Waals surface area contributed by atoms with Crippen molar-refractivity contribution in [3.8, 4) is 5.75 Å². The van der Waals surface area contributed by atoms with Crippen LogP contribution in [0.4, 0.5) is 0 Å². The third-order valence-corrected chi connectivity index (χ3v) is 8.90. The van der Waals surface area contributed by atoms with Crippen LogP contribution >= 0.6 is 0 Å². The number of carboxylic acid groups (broad SMARTS) is 1. The maximum absolute atomic E-state index is 14.1. The van der Waals surface area contributed by atoms with E-state index in [1.54, 1.807) is 18.2 Å². The number of aromatic amines is 1. The maximum atomic E-state index is 14.1. The van der Waals surface area contributed by atoms with Crippen LogP contribution in [-0.4, -0.2) is 57.8 Å². The van der Waals surface area contributed by atoms with Crippen LogP contribution in [0.25, 0.3) is 10.9 Å². The number of nitrogens with zero attached hydrogens (tertiary/aromatic N) is 1. The second-order valence-corrected chi connectivity index (χ2v) is 11.7. The van der Waals surface area contributed by atoms with Gasteiger partial charge >= 0.3 is 5.97 Å². The average Bonchev–Trinajstić information content (AvgIpc) is 3.31. The predicted octanol–water partition coefficient (Wildman–Crippen LogP) is 4.29. The molecule has 38 heavy (non-hydrogen) atoms. The Morgan fingerprint density at radius 1 is 1.08 bits per heavy atom. The number of rotatable bonds is 9. The van der Waals surface area contributed by atoms with E-state index in [1.807, 2.05) is 0 Å². The highest BCUT2D eigenvalue weighted by atomic mass is 16.5. The number of amides is 2. The average molecular weight is 526 g/mol. The zero-order chi connectivity index (χ0) is 27.7. The van der Waals surface area contributed by atoms with Crippen molar-refractivity contribution in [2.45, 2.75) is 77.2 Å². The molecule has 2 aliphatic carbocycles. The van der Waals surface area contributed by atoms with Gasteiger partial charge in [0, 0.05) is 23.2 Å². The first-order valence-electron chi connectivity index (χ1n) is 13.5. The van der Waals surface area contributed by atoms with E-state index in [2.05, 4.69) is 18.8 Å². The summed E-state index contributed by atoms with van der Waals surface area (Å²) >= 11 is 0. The molecule has 2 aliphatic rings. The number of benzene rings is 1. The number of nitrogens with one attached hydrogen (secondary N) is 1. The number of H-pyrrole nitrogens is 1. The SMILES string of the molecule is COc1ccc2c(C(=O)C(=O)N(CC(=O)O)C(C(N)=O)(C3CCCCC3)C3CCC(C)(C)CC3)c[nH]c2c1. The van der Waals surface area contributed by atoms with Crippen LogP contribution in [0.1, 0.15) is 82.0 Å². The lowest BCUT2D eigenvalue weighted by Crippen LogP contribution is -2.70. The second-order valence-electron chi connectivity index (χ2n) is 11.7. The monoisotopic (exact) mass is 525 g/mol. The second kappa shape index (κ2) is 10.8. The lowest BCUT2D eigenvalue weighted by molar-refractivity contribution is -0.162. The molecule has 1 heterocycles. The molecule has 4 N–H and O–H groups in total. The number of carboxylic acids is 1. The fourth-order valence-corrected chi connectivity index (χ4v) is 6.86. The minimum Gasteiger partial charge on any atom is -0.497 e. The molecule has 0 spiro atoms. The first-order valence-corrected chi connectivity index (χ1v) is 13.5. The van der Waals surface area contributed by atoms with Crippen LogP contribution in [-0.2, 0) is 14.4 Å². The minimum absolute atomic E-state index is 0.0784. The number of primary amides is 1. The molecule has 1 unspecified atom stereocenters. The van der Waals surface area contributed by atoms with E-state index >= 15 is 0 Å². The number of carbonyl (C=O) groups excluding carboxylic acids is 3. The van der Waals surface area contributed by atoms with Crippen LogP contribution in [0.15, 0.2) is 24.4 Å². The van der Waals surface area contributed by atoms with Crippen LogP contribution in [0.2, 0.25) is 0 Å². The molecule has 2 aromatic rings. The van der Waals surface area contributed by atoms with Gasteiger partial charge in [0.25, 0.3) is 11.7 Å². The van der Waals surface area contributed by atoms with Crippen molar-refractivity contribution in [3.63, 3.8) is 0 Å². The largest absolute Gasteiger partial charge is 0.497 e. The zero-order valence-corrected chi connectivity index (χ0v) is 22.5. The van der Waals surface area contributed by atoms with Crippen molar-refractivity contribution < 1.29 is 29.0 Å². The van der Waals surface area contributed by atoms with Crippen molar-refractivity contribution in [3.05, 3.63) is 30.0 Å². The van der Waals surface area contributed by atoms with Gasteiger partial charge in [-0.1, -0.05) is 33.1 Å². The Bertz CT molecular complexity index is 1220. The van der Waals surface area contributed by atoms with Crippen molar-refractivity contribution in [2.24, 2.45) is 23.0 Å². The molecule has 4 rings (SSSR count). The topological polar surface area (TPSA) is 143 Å². The van der Waals surface area contributed by atoms with E-state index in [0.717, 1.165) is 37.0 Å². The molecule has 0 radical (unpaired) electrons. The van der Waals surface area contributed by atoms with Crippen LogP contribution in [0.5, 0.6) is 5.75 Å². The van der Waals surface area contributed by atoms with E-state index in [0.29, 0.717) is 42.3 Å². The van der Waals surface area contributed by atoms with Crippen molar-refractivity contribution >= 4 is 34.5 Å². The van der Waals surface area contributed by atoms with Gasteiger partial charge in [0.1, 0.15) is 17.8 Å². The number of hydrogen-bond acceptors (Lipinski definition) is 5. The number of ketones is 1.